The van der Waals surface area contributed by atoms with Crippen LogP contribution in [-0.2, 0) is 9.59 Å². The van der Waals surface area contributed by atoms with Crippen molar-refractivity contribution in [3.8, 4) is 0 Å². The first kappa shape index (κ1) is 20.3. The fourth-order valence-corrected chi connectivity index (χ4v) is 4.75. The van der Waals surface area contributed by atoms with E-state index < -0.39 is 0 Å². The van der Waals surface area contributed by atoms with Crippen LogP contribution in [0.1, 0.15) is 33.6 Å². The topological polar surface area (TPSA) is 65.5 Å². The Morgan fingerprint density at radius 3 is 2.56 bits per heavy atom. The zero-order valence-electron chi connectivity index (χ0n) is 16.1. The van der Waals surface area contributed by atoms with E-state index in [-0.39, 0.29) is 29.3 Å². The SMILES string of the molecule is CC(C)(C)NC(=O)C1CSCN1C(=O)C1CCN(c2ccc(Cl)cn2)CC1. The number of amides is 2. The molecule has 0 saturated carbocycles. The molecule has 0 spiro atoms. The number of aromatic nitrogens is 1. The van der Waals surface area contributed by atoms with Gasteiger partial charge in [-0.3, -0.25) is 9.59 Å². The molecule has 1 aromatic heterocycles. The standard InChI is InChI=1S/C19H27ClN4O2S/c1-19(2,3)22-17(25)15-11-27-12-24(15)18(26)13-6-8-23(9-7-13)16-5-4-14(20)10-21-16/h4-5,10,13,15H,6-9,11-12H2,1-3H3,(H,22,25). The summed E-state index contributed by atoms with van der Waals surface area (Å²) in [5, 5.41) is 3.63. The number of hydrogen-bond donors (Lipinski definition) is 1. The molecular weight excluding hydrogens is 384 g/mol. The summed E-state index contributed by atoms with van der Waals surface area (Å²) in [7, 11) is 0. The molecule has 1 N–H and O–H groups in total. The van der Waals surface area contributed by atoms with Gasteiger partial charge in [-0.25, -0.2) is 4.98 Å². The number of thioether (sulfide) groups is 1. The second kappa shape index (κ2) is 8.27. The van der Waals surface area contributed by atoms with E-state index in [4.69, 9.17) is 11.6 Å². The van der Waals surface area contributed by atoms with Gasteiger partial charge in [0.05, 0.1) is 10.9 Å². The van der Waals surface area contributed by atoms with Gasteiger partial charge in [-0.05, 0) is 45.7 Å². The normalized spacial score (nSPS) is 21.4. The molecule has 8 heteroatoms. The molecule has 27 heavy (non-hydrogen) atoms. The first-order valence-electron chi connectivity index (χ1n) is 9.31. The highest BCUT2D eigenvalue weighted by molar-refractivity contribution is 7.99. The molecule has 0 aromatic carbocycles. The number of piperidine rings is 1. The molecule has 1 unspecified atom stereocenters. The van der Waals surface area contributed by atoms with Gasteiger partial charge in [0.1, 0.15) is 11.9 Å². The van der Waals surface area contributed by atoms with Crippen molar-refractivity contribution in [3.05, 3.63) is 23.4 Å². The third-order valence-electron chi connectivity index (χ3n) is 4.85. The lowest BCUT2D eigenvalue weighted by Crippen LogP contribution is -2.54. The van der Waals surface area contributed by atoms with Crippen molar-refractivity contribution in [1.29, 1.82) is 0 Å². The summed E-state index contributed by atoms with van der Waals surface area (Å²) >= 11 is 7.55. The second-order valence-corrected chi connectivity index (χ2v) is 9.60. The maximum atomic E-state index is 13.0. The summed E-state index contributed by atoms with van der Waals surface area (Å²) in [6.07, 6.45) is 3.20. The Labute approximate surface area is 170 Å². The zero-order valence-corrected chi connectivity index (χ0v) is 17.6. The van der Waals surface area contributed by atoms with Crippen molar-refractivity contribution in [1.82, 2.24) is 15.2 Å². The summed E-state index contributed by atoms with van der Waals surface area (Å²) in [4.78, 5) is 33.9. The quantitative estimate of drug-likeness (QED) is 0.829. The van der Waals surface area contributed by atoms with Crippen LogP contribution in [0.15, 0.2) is 18.3 Å². The molecule has 148 valence electrons. The maximum absolute atomic E-state index is 13.0. The zero-order chi connectivity index (χ0) is 19.6. The van der Waals surface area contributed by atoms with E-state index in [1.807, 2.05) is 32.9 Å². The van der Waals surface area contributed by atoms with Crippen molar-refractivity contribution in [2.24, 2.45) is 5.92 Å². The first-order chi connectivity index (χ1) is 12.7. The Bertz CT molecular complexity index is 684. The van der Waals surface area contributed by atoms with Crippen LogP contribution in [0.25, 0.3) is 0 Å². The fraction of sp³-hybridized carbons (Fsp3) is 0.632. The van der Waals surface area contributed by atoms with Gasteiger partial charge in [0, 0.05) is 36.5 Å². The Morgan fingerprint density at radius 2 is 1.96 bits per heavy atom. The summed E-state index contributed by atoms with van der Waals surface area (Å²) in [6.45, 7) is 7.44. The lowest BCUT2D eigenvalue weighted by Gasteiger charge is -2.35. The van der Waals surface area contributed by atoms with Crippen molar-refractivity contribution in [2.45, 2.75) is 45.2 Å². The minimum absolute atomic E-state index is 0.0304. The Balaban J connectivity index is 1.58. The van der Waals surface area contributed by atoms with Gasteiger partial charge < -0.3 is 15.1 Å². The number of carbonyl (C=O) groups excluding carboxylic acids is 2. The molecule has 2 saturated heterocycles. The van der Waals surface area contributed by atoms with Crippen molar-refractivity contribution >= 4 is 41.0 Å². The molecule has 6 nitrogen and oxygen atoms in total. The fourth-order valence-electron chi connectivity index (χ4n) is 3.48. The highest BCUT2D eigenvalue weighted by atomic mass is 35.5. The van der Waals surface area contributed by atoms with Crippen LogP contribution in [0.2, 0.25) is 5.02 Å². The van der Waals surface area contributed by atoms with Gasteiger partial charge in [-0.2, -0.15) is 0 Å². The summed E-state index contributed by atoms with van der Waals surface area (Å²) in [5.74, 6) is 2.18. The van der Waals surface area contributed by atoms with Gasteiger partial charge >= 0.3 is 0 Å². The van der Waals surface area contributed by atoms with Crippen LogP contribution in [0.4, 0.5) is 5.82 Å². The predicted molar refractivity (Wildman–Crippen MR) is 110 cm³/mol. The number of pyridine rings is 1. The number of nitrogens with one attached hydrogen (secondary N) is 1. The number of hydrogen-bond acceptors (Lipinski definition) is 5. The Hall–Kier alpha value is -1.47. The maximum Gasteiger partial charge on any atom is 0.244 e. The summed E-state index contributed by atoms with van der Waals surface area (Å²) in [6, 6.07) is 3.38. The van der Waals surface area contributed by atoms with E-state index in [0.717, 1.165) is 31.7 Å². The number of anilines is 1. The lowest BCUT2D eigenvalue weighted by atomic mass is 9.94. The molecule has 1 aromatic rings. The molecule has 0 radical (unpaired) electrons. The van der Waals surface area contributed by atoms with Crippen LogP contribution in [0.3, 0.4) is 0 Å². The minimum Gasteiger partial charge on any atom is -0.357 e. The average Bonchev–Trinajstić information content (AvgIpc) is 3.10. The highest BCUT2D eigenvalue weighted by Gasteiger charge is 2.39. The van der Waals surface area contributed by atoms with Gasteiger partial charge in [-0.15, -0.1) is 11.8 Å². The average molecular weight is 411 g/mol. The smallest absolute Gasteiger partial charge is 0.244 e. The van der Waals surface area contributed by atoms with Crippen LogP contribution in [-0.4, -0.2) is 58.0 Å². The van der Waals surface area contributed by atoms with E-state index in [1.54, 1.807) is 22.9 Å². The second-order valence-electron chi connectivity index (χ2n) is 8.16. The molecule has 2 amide bonds. The number of halogens is 1. The van der Waals surface area contributed by atoms with Crippen molar-refractivity contribution in [2.75, 3.05) is 29.6 Å². The van der Waals surface area contributed by atoms with E-state index in [1.165, 1.54) is 0 Å². The molecular formula is C19H27ClN4O2S. The first-order valence-corrected chi connectivity index (χ1v) is 10.8. The van der Waals surface area contributed by atoms with Crippen LogP contribution in [0, 0.1) is 5.92 Å². The molecule has 3 rings (SSSR count). The van der Waals surface area contributed by atoms with Crippen LogP contribution >= 0.6 is 23.4 Å². The van der Waals surface area contributed by atoms with E-state index in [9.17, 15) is 9.59 Å². The van der Waals surface area contributed by atoms with Crippen molar-refractivity contribution < 1.29 is 9.59 Å². The Morgan fingerprint density at radius 1 is 1.26 bits per heavy atom. The molecule has 3 heterocycles. The van der Waals surface area contributed by atoms with E-state index >= 15 is 0 Å². The van der Waals surface area contributed by atoms with Gasteiger partial charge in [0.2, 0.25) is 11.8 Å². The van der Waals surface area contributed by atoms with E-state index in [2.05, 4.69) is 15.2 Å². The lowest BCUT2D eigenvalue weighted by molar-refractivity contribution is -0.142. The van der Waals surface area contributed by atoms with Gasteiger partial charge in [0.15, 0.2) is 0 Å². The molecule has 2 aliphatic rings. The minimum atomic E-state index is -0.363. The highest BCUT2D eigenvalue weighted by Crippen LogP contribution is 2.29. The third-order valence-corrected chi connectivity index (χ3v) is 6.08. The summed E-state index contributed by atoms with van der Waals surface area (Å²) in [5.41, 5.74) is -0.296. The predicted octanol–water partition coefficient (Wildman–Crippen LogP) is 2.77. The number of nitrogens with zero attached hydrogens (tertiary/aromatic N) is 3. The van der Waals surface area contributed by atoms with E-state index in [0.29, 0.717) is 16.7 Å². The molecule has 1 atom stereocenters. The number of rotatable bonds is 3. The molecule has 0 aliphatic carbocycles. The molecule has 2 aliphatic heterocycles. The largest absolute Gasteiger partial charge is 0.357 e. The summed E-state index contributed by atoms with van der Waals surface area (Å²) < 4.78 is 0. The monoisotopic (exact) mass is 410 g/mol. The number of carbonyl (C=O) groups is 2. The molecule has 0 bridgehead atoms. The van der Waals surface area contributed by atoms with Crippen LogP contribution in [0.5, 0.6) is 0 Å². The van der Waals surface area contributed by atoms with Gasteiger partial charge in [0.25, 0.3) is 0 Å². The molecule has 2 fully saturated rings. The van der Waals surface area contributed by atoms with Crippen molar-refractivity contribution in [3.63, 3.8) is 0 Å². The Kier molecular flexibility index (Phi) is 6.21. The third kappa shape index (κ3) is 5.08. The van der Waals surface area contributed by atoms with Crippen LogP contribution < -0.4 is 10.2 Å². The van der Waals surface area contributed by atoms with Gasteiger partial charge in [-0.1, -0.05) is 11.6 Å².